The average molecular weight is 282 g/mol. The maximum absolute atomic E-state index is 11.8. The van der Waals surface area contributed by atoms with Crippen molar-refractivity contribution in [1.82, 2.24) is 10.3 Å². The smallest absolute Gasteiger partial charge is 0.287 e. The molecule has 2 N–H and O–H groups in total. The quantitative estimate of drug-likeness (QED) is 0.769. The van der Waals surface area contributed by atoms with E-state index in [0.717, 1.165) is 16.5 Å². The summed E-state index contributed by atoms with van der Waals surface area (Å²) in [5.41, 5.74) is 1.97. The number of hydrogen-bond acceptors (Lipinski definition) is 3. The van der Waals surface area contributed by atoms with Crippen LogP contribution in [0, 0.1) is 0 Å². The van der Waals surface area contributed by atoms with Gasteiger partial charge in [-0.2, -0.15) is 0 Å². The van der Waals surface area contributed by atoms with Crippen LogP contribution in [0.1, 0.15) is 16.1 Å². The van der Waals surface area contributed by atoms with Gasteiger partial charge in [0.05, 0.1) is 6.26 Å². The Morgan fingerprint density at radius 2 is 2.10 bits per heavy atom. The Labute approximate surface area is 120 Å². The molecule has 0 atom stereocenters. The summed E-state index contributed by atoms with van der Waals surface area (Å²) in [6.07, 6.45) is 3.86. The normalized spacial score (nSPS) is 10.7. The Kier molecular flexibility index (Phi) is 3.55. The lowest BCUT2D eigenvalue weighted by Gasteiger charge is -2.03. The molecule has 5 heteroatoms. The maximum atomic E-state index is 11.8. The van der Waals surface area contributed by atoms with Crippen LogP contribution in [0.25, 0.3) is 10.9 Å². The van der Waals surface area contributed by atoms with Crippen LogP contribution in [-0.4, -0.2) is 17.4 Å². The first-order valence-corrected chi connectivity index (χ1v) is 6.66. The van der Waals surface area contributed by atoms with Crippen LogP contribution in [0.2, 0.25) is 0 Å². The third-order valence-corrected chi connectivity index (χ3v) is 3.28. The van der Waals surface area contributed by atoms with Crippen LogP contribution >= 0.6 is 0 Å². The fourth-order valence-corrected chi connectivity index (χ4v) is 2.24. The van der Waals surface area contributed by atoms with Crippen molar-refractivity contribution in [1.29, 1.82) is 0 Å². The van der Waals surface area contributed by atoms with Crippen molar-refractivity contribution >= 4 is 16.8 Å². The first-order valence-electron chi connectivity index (χ1n) is 6.66. The number of carbonyl (C=O) groups excluding carboxylic acids is 1. The molecule has 1 amide bonds. The van der Waals surface area contributed by atoms with E-state index in [1.165, 1.54) is 18.4 Å². The largest absolute Gasteiger partial charge is 0.459 e. The van der Waals surface area contributed by atoms with Crippen LogP contribution in [0.4, 0.5) is 0 Å². The van der Waals surface area contributed by atoms with E-state index in [2.05, 4.69) is 10.3 Å². The molecule has 0 aliphatic carbocycles. The topological polar surface area (TPSA) is 75.1 Å². The zero-order valence-corrected chi connectivity index (χ0v) is 11.3. The molecule has 0 spiro atoms. The van der Waals surface area contributed by atoms with Crippen LogP contribution < -0.4 is 10.7 Å². The number of hydrogen-bond donors (Lipinski definition) is 2. The molecule has 0 aliphatic heterocycles. The number of benzene rings is 1. The molecule has 21 heavy (non-hydrogen) atoms. The third kappa shape index (κ3) is 2.86. The summed E-state index contributed by atoms with van der Waals surface area (Å²) >= 11 is 0. The number of H-pyrrole nitrogens is 1. The zero-order chi connectivity index (χ0) is 14.7. The third-order valence-electron chi connectivity index (χ3n) is 3.28. The van der Waals surface area contributed by atoms with Crippen LogP contribution in [-0.2, 0) is 6.42 Å². The number of para-hydroxylation sites is 1. The molecule has 0 bridgehead atoms. The Morgan fingerprint density at radius 1 is 1.24 bits per heavy atom. The standard InChI is InChI=1S/C16H14N2O3/c19-12-6-8-21-15(9-12)16(20)17-7-5-11-10-18-14-4-2-1-3-13(11)14/h1-4,6,8-10,18H,5,7H2,(H,17,20). The lowest BCUT2D eigenvalue weighted by Crippen LogP contribution is -2.26. The molecule has 1 aromatic carbocycles. The zero-order valence-electron chi connectivity index (χ0n) is 11.3. The predicted octanol–water partition coefficient (Wildman–Crippen LogP) is 2.09. The summed E-state index contributed by atoms with van der Waals surface area (Å²) in [4.78, 5) is 26.2. The minimum Gasteiger partial charge on any atom is -0.459 e. The molecular weight excluding hydrogens is 268 g/mol. The number of nitrogens with one attached hydrogen (secondary N) is 2. The van der Waals surface area contributed by atoms with E-state index in [0.29, 0.717) is 13.0 Å². The minimum absolute atomic E-state index is 0.0291. The number of amides is 1. The van der Waals surface area contributed by atoms with E-state index in [1.807, 2.05) is 30.5 Å². The Morgan fingerprint density at radius 3 is 2.95 bits per heavy atom. The van der Waals surface area contributed by atoms with Gasteiger partial charge in [0.15, 0.2) is 11.2 Å². The Balaban J connectivity index is 1.64. The van der Waals surface area contributed by atoms with Crippen molar-refractivity contribution in [2.75, 3.05) is 6.54 Å². The van der Waals surface area contributed by atoms with Gasteiger partial charge in [0, 0.05) is 35.8 Å². The molecule has 0 unspecified atom stereocenters. The first kappa shape index (κ1) is 13.2. The molecule has 2 heterocycles. The highest BCUT2D eigenvalue weighted by Gasteiger charge is 2.09. The highest BCUT2D eigenvalue weighted by atomic mass is 16.3. The number of carbonyl (C=O) groups is 1. The van der Waals surface area contributed by atoms with Gasteiger partial charge in [-0.1, -0.05) is 18.2 Å². The van der Waals surface area contributed by atoms with Gasteiger partial charge in [0.1, 0.15) is 0 Å². The molecule has 3 rings (SSSR count). The molecule has 3 aromatic rings. The van der Waals surface area contributed by atoms with E-state index in [9.17, 15) is 9.59 Å². The van der Waals surface area contributed by atoms with E-state index in [4.69, 9.17) is 4.42 Å². The fourth-order valence-electron chi connectivity index (χ4n) is 2.24. The summed E-state index contributed by atoms with van der Waals surface area (Å²) in [6, 6.07) is 10.5. The molecule has 106 valence electrons. The number of aromatic amines is 1. The molecular formula is C16H14N2O3. The SMILES string of the molecule is O=C(NCCc1c[nH]c2ccccc12)c1cc(=O)cco1. The van der Waals surface area contributed by atoms with Crippen molar-refractivity contribution < 1.29 is 9.21 Å². The van der Waals surface area contributed by atoms with Gasteiger partial charge in [0.2, 0.25) is 0 Å². The van der Waals surface area contributed by atoms with Crippen molar-refractivity contribution in [2.45, 2.75) is 6.42 Å². The van der Waals surface area contributed by atoms with Crippen LogP contribution in [0.15, 0.2) is 58.1 Å². The Bertz CT molecular complexity index is 832. The number of fused-ring (bicyclic) bond motifs is 1. The Hall–Kier alpha value is -2.82. The minimum atomic E-state index is -0.382. The molecule has 0 fully saturated rings. The van der Waals surface area contributed by atoms with Gasteiger partial charge in [-0.15, -0.1) is 0 Å². The van der Waals surface area contributed by atoms with E-state index < -0.39 is 0 Å². The van der Waals surface area contributed by atoms with Gasteiger partial charge < -0.3 is 14.7 Å². The van der Waals surface area contributed by atoms with Crippen molar-refractivity contribution in [3.05, 3.63) is 70.4 Å². The van der Waals surface area contributed by atoms with E-state index in [-0.39, 0.29) is 17.1 Å². The molecule has 2 aromatic heterocycles. The molecule has 5 nitrogen and oxygen atoms in total. The maximum Gasteiger partial charge on any atom is 0.287 e. The monoisotopic (exact) mass is 282 g/mol. The highest BCUT2D eigenvalue weighted by Crippen LogP contribution is 2.17. The average Bonchev–Trinajstić information content (AvgIpc) is 2.91. The van der Waals surface area contributed by atoms with Gasteiger partial charge in [-0.05, 0) is 18.1 Å². The highest BCUT2D eigenvalue weighted by molar-refractivity contribution is 5.91. The second-order valence-corrected chi connectivity index (χ2v) is 4.70. The van der Waals surface area contributed by atoms with Gasteiger partial charge in [-0.3, -0.25) is 9.59 Å². The molecule has 0 radical (unpaired) electrons. The summed E-state index contributed by atoms with van der Waals surface area (Å²) < 4.78 is 5.01. The van der Waals surface area contributed by atoms with Gasteiger partial charge in [0.25, 0.3) is 5.91 Å². The summed E-state index contributed by atoms with van der Waals surface area (Å²) in [5.74, 6) is -0.353. The fraction of sp³-hybridized carbons (Fsp3) is 0.125. The summed E-state index contributed by atoms with van der Waals surface area (Å²) in [6.45, 7) is 0.472. The van der Waals surface area contributed by atoms with Gasteiger partial charge >= 0.3 is 0 Å². The van der Waals surface area contributed by atoms with Gasteiger partial charge in [-0.25, -0.2) is 0 Å². The van der Waals surface area contributed by atoms with E-state index in [1.54, 1.807) is 0 Å². The second-order valence-electron chi connectivity index (χ2n) is 4.70. The molecule has 0 saturated heterocycles. The van der Waals surface area contributed by atoms with Crippen LogP contribution in [0.3, 0.4) is 0 Å². The summed E-state index contributed by atoms with van der Waals surface area (Å²) in [7, 11) is 0. The van der Waals surface area contributed by atoms with Crippen LogP contribution in [0.5, 0.6) is 0 Å². The lowest BCUT2D eigenvalue weighted by atomic mass is 10.1. The van der Waals surface area contributed by atoms with Crippen molar-refractivity contribution in [3.8, 4) is 0 Å². The molecule has 0 saturated carbocycles. The van der Waals surface area contributed by atoms with Crippen molar-refractivity contribution in [3.63, 3.8) is 0 Å². The van der Waals surface area contributed by atoms with Crippen molar-refractivity contribution in [2.24, 2.45) is 0 Å². The first-order chi connectivity index (χ1) is 10.2. The summed E-state index contributed by atoms with van der Waals surface area (Å²) in [5, 5.41) is 3.89. The lowest BCUT2D eigenvalue weighted by molar-refractivity contribution is 0.0924. The predicted molar refractivity (Wildman–Crippen MR) is 79.3 cm³/mol. The number of aromatic nitrogens is 1. The van der Waals surface area contributed by atoms with E-state index >= 15 is 0 Å². The second kappa shape index (κ2) is 5.66. The number of rotatable bonds is 4. The molecule has 0 aliphatic rings.